The highest BCUT2D eigenvalue weighted by molar-refractivity contribution is 5.34. The van der Waals surface area contributed by atoms with Crippen molar-refractivity contribution < 1.29 is 9.84 Å². The summed E-state index contributed by atoms with van der Waals surface area (Å²) in [7, 11) is 1.68. The zero-order chi connectivity index (χ0) is 13.6. The molecule has 0 spiro atoms. The number of hydrogen-bond donors (Lipinski definition) is 2. The second-order valence-electron chi connectivity index (χ2n) is 5.48. The Hall–Kier alpha value is -1.06. The summed E-state index contributed by atoms with van der Waals surface area (Å²) in [6.45, 7) is 7.37. The van der Waals surface area contributed by atoms with Gasteiger partial charge in [-0.2, -0.15) is 0 Å². The fourth-order valence-electron chi connectivity index (χ4n) is 1.89. The predicted molar refractivity (Wildman–Crippen MR) is 75.0 cm³/mol. The Labute approximate surface area is 110 Å². The lowest BCUT2D eigenvalue weighted by Crippen LogP contribution is -2.49. The average molecular weight is 251 g/mol. The van der Waals surface area contributed by atoms with Gasteiger partial charge in [-0.3, -0.25) is 0 Å². The van der Waals surface area contributed by atoms with Gasteiger partial charge >= 0.3 is 0 Å². The first-order valence-corrected chi connectivity index (χ1v) is 6.48. The number of methoxy groups -OCH3 is 1. The molecule has 2 N–H and O–H groups in total. The third-order valence-electron chi connectivity index (χ3n) is 3.06. The monoisotopic (exact) mass is 251 g/mol. The maximum Gasteiger partial charge on any atom is 0.122 e. The first-order valence-electron chi connectivity index (χ1n) is 6.48. The van der Waals surface area contributed by atoms with E-state index in [0.29, 0.717) is 5.92 Å². The zero-order valence-corrected chi connectivity index (χ0v) is 11.9. The molecule has 0 heterocycles. The van der Waals surface area contributed by atoms with Gasteiger partial charge in [-0.05, 0) is 37.4 Å². The highest BCUT2D eigenvalue weighted by atomic mass is 16.5. The Bertz CT molecular complexity index is 365. The van der Waals surface area contributed by atoms with E-state index in [0.717, 1.165) is 24.3 Å². The summed E-state index contributed by atoms with van der Waals surface area (Å²) < 4.78 is 5.35. The molecular weight excluding hydrogens is 226 g/mol. The standard InChI is InChI=1S/C15H25NO2/c1-12(2)10-16-15(3,11-17)9-13-7-5-6-8-14(13)18-4/h5-8,12,16-17H,9-11H2,1-4H3/t15-/m0/s1. The van der Waals surface area contributed by atoms with Crippen LogP contribution in [-0.4, -0.2) is 30.9 Å². The molecule has 1 aromatic rings. The van der Waals surface area contributed by atoms with Crippen LogP contribution in [0.3, 0.4) is 0 Å². The number of nitrogens with one attached hydrogen (secondary N) is 1. The molecule has 0 radical (unpaired) electrons. The summed E-state index contributed by atoms with van der Waals surface area (Å²) in [5.74, 6) is 1.44. The van der Waals surface area contributed by atoms with Crippen LogP contribution in [-0.2, 0) is 6.42 Å². The molecule has 3 nitrogen and oxygen atoms in total. The van der Waals surface area contributed by atoms with Crippen LogP contribution in [0.25, 0.3) is 0 Å². The van der Waals surface area contributed by atoms with Gasteiger partial charge in [0, 0.05) is 5.54 Å². The van der Waals surface area contributed by atoms with Crippen LogP contribution in [0.15, 0.2) is 24.3 Å². The van der Waals surface area contributed by atoms with Crippen LogP contribution in [0, 0.1) is 5.92 Å². The molecular formula is C15H25NO2. The molecule has 18 heavy (non-hydrogen) atoms. The molecule has 0 saturated carbocycles. The molecule has 0 saturated heterocycles. The zero-order valence-electron chi connectivity index (χ0n) is 11.9. The molecule has 1 atom stereocenters. The maximum atomic E-state index is 9.62. The normalized spacial score (nSPS) is 14.6. The third-order valence-corrected chi connectivity index (χ3v) is 3.06. The summed E-state index contributed by atoms with van der Waals surface area (Å²) in [5, 5.41) is 13.1. The van der Waals surface area contributed by atoms with Crippen LogP contribution in [0.4, 0.5) is 0 Å². The van der Waals surface area contributed by atoms with Crippen molar-refractivity contribution in [2.24, 2.45) is 5.92 Å². The molecule has 0 aliphatic rings. The number of benzene rings is 1. The summed E-state index contributed by atoms with van der Waals surface area (Å²) in [6.07, 6.45) is 0.750. The molecule has 3 heteroatoms. The lowest BCUT2D eigenvalue weighted by atomic mass is 9.92. The van der Waals surface area contributed by atoms with E-state index >= 15 is 0 Å². The summed E-state index contributed by atoms with van der Waals surface area (Å²) in [5.41, 5.74) is 0.812. The van der Waals surface area contributed by atoms with Gasteiger partial charge in [0.25, 0.3) is 0 Å². The smallest absolute Gasteiger partial charge is 0.122 e. The average Bonchev–Trinajstić information content (AvgIpc) is 2.37. The van der Waals surface area contributed by atoms with E-state index in [2.05, 4.69) is 19.2 Å². The molecule has 0 amide bonds. The quantitative estimate of drug-likeness (QED) is 0.781. The van der Waals surface area contributed by atoms with Crippen LogP contribution >= 0.6 is 0 Å². The van der Waals surface area contributed by atoms with Crippen molar-refractivity contribution in [3.8, 4) is 5.75 Å². The van der Waals surface area contributed by atoms with E-state index in [9.17, 15) is 5.11 Å². The Morgan fingerprint density at radius 1 is 1.33 bits per heavy atom. The molecule has 0 unspecified atom stereocenters. The lowest BCUT2D eigenvalue weighted by molar-refractivity contribution is 0.169. The van der Waals surface area contributed by atoms with Crippen LogP contribution in [0.5, 0.6) is 5.75 Å². The van der Waals surface area contributed by atoms with Gasteiger partial charge in [-0.25, -0.2) is 0 Å². The third kappa shape index (κ3) is 4.31. The molecule has 102 valence electrons. The van der Waals surface area contributed by atoms with Crippen LogP contribution < -0.4 is 10.1 Å². The van der Waals surface area contributed by atoms with Gasteiger partial charge < -0.3 is 15.2 Å². The van der Waals surface area contributed by atoms with Crippen molar-refractivity contribution in [2.75, 3.05) is 20.3 Å². The van der Waals surface area contributed by atoms with Gasteiger partial charge in [0.2, 0.25) is 0 Å². The number of rotatable bonds is 7. The van der Waals surface area contributed by atoms with E-state index in [-0.39, 0.29) is 12.1 Å². The van der Waals surface area contributed by atoms with E-state index in [4.69, 9.17) is 4.74 Å². The highest BCUT2D eigenvalue weighted by Crippen LogP contribution is 2.22. The number of aliphatic hydroxyl groups is 1. The predicted octanol–water partition coefficient (Wildman–Crippen LogP) is 2.23. The summed E-state index contributed by atoms with van der Waals surface area (Å²) in [4.78, 5) is 0. The van der Waals surface area contributed by atoms with Crippen molar-refractivity contribution in [1.29, 1.82) is 0 Å². The van der Waals surface area contributed by atoms with Gasteiger partial charge in [-0.1, -0.05) is 32.0 Å². The van der Waals surface area contributed by atoms with E-state index in [1.807, 2.05) is 31.2 Å². The lowest BCUT2D eigenvalue weighted by Gasteiger charge is -2.30. The number of para-hydroxylation sites is 1. The molecule has 0 bridgehead atoms. The largest absolute Gasteiger partial charge is 0.496 e. The summed E-state index contributed by atoms with van der Waals surface area (Å²) >= 11 is 0. The summed E-state index contributed by atoms with van der Waals surface area (Å²) in [6, 6.07) is 7.96. The highest BCUT2D eigenvalue weighted by Gasteiger charge is 2.24. The van der Waals surface area contributed by atoms with Crippen molar-refractivity contribution in [1.82, 2.24) is 5.32 Å². The Morgan fingerprint density at radius 3 is 2.56 bits per heavy atom. The number of hydrogen-bond acceptors (Lipinski definition) is 3. The van der Waals surface area contributed by atoms with E-state index in [1.165, 1.54) is 0 Å². The number of ether oxygens (including phenoxy) is 1. The minimum atomic E-state index is -0.307. The van der Waals surface area contributed by atoms with Gasteiger partial charge in [0.1, 0.15) is 5.75 Å². The maximum absolute atomic E-state index is 9.62. The minimum absolute atomic E-state index is 0.109. The molecule has 0 aliphatic carbocycles. The van der Waals surface area contributed by atoms with E-state index < -0.39 is 0 Å². The fourth-order valence-corrected chi connectivity index (χ4v) is 1.89. The van der Waals surface area contributed by atoms with Crippen molar-refractivity contribution in [3.63, 3.8) is 0 Å². The Balaban J connectivity index is 2.77. The van der Waals surface area contributed by atoms with Crippen molar-refractivity contribution >= 4 is 0 Å². The minimum Gasteiger partial charge on any atom is -0.496 e. The van der Waals surface area contributed by atoms with E-state index in [1.54, 1.807) is 7.11 Å². The van der Waals surface area contributed by atoms with Crippen LogP contribution in [0.2, 0.25) is 0 Å². The Kier molecular flexibility index (Phi) is 5.63. The Morgan fingerprint density at radius 2 is 2.00 bits per heavy atom. The fraction of sp³-hybridized carbons (Fsp3) is 0.600. The molecule has 1 rings (SSSR count). The first-order chi connectivity index (χ1) is 8.50. The molecule has 0 fully saturated rings. The molecule has 1 aromatic carbocycles. The number of aliphatic hydroxyl groups excluding tert-OH is 1. The first kappa shape index (κ1) is 15.0. The van der Waals surface area contributed by atoms with Gasteiger partial charge in [-0.15, -0.1) is 0 Å². The second-order valence-corrected chi connectivity index (χ2v) is 5.48. The molecule has 0 aliphatic heterocycles. The van der Waals surface area contributed by atoms with Crippen molar-refractivity contribution in [2.45, 2.75) is 32.7 Å². The molecule has 0 aromatic heterocycles. The van der Waals surface area contributed by atoms with Gasteiger partial charge in [0.15, 0.2) is 0 Å². The van der Waals surface area contributed by atoms with Gasteiger partial charge in [0.05, 0.1) is 13.7 Å². The second kappa shape index (κ2) is 6.76. The van der Waals surface area contributed by atoms with Crippen molar-refractivity contribution in [3.05, 3.63) is 29.8 Å². The van der Waals surface area contributed by atoms with Crippen LogP contribution in [0.1, 0.15) is 26.3 Å². The topological polar surface area (TPSA) is 41.5 Å². The SMILES string of the molecule is COc1ccccc1C[C@@](C)(CO)NCC(C)C.